The molecule has 1 aliphatic heterocycles. The van der Waals surface area contributed by atoms with E-state index >= 15 is 0 Å². The van der Waals surface area contributed by atoms with Gasteiger partial charge in [0.2, 0.25) is 0 Å². The summed E-state index contributed by atoms with van der Waals surface area (Å²) in [6.45, 7) is 8.08. The van der Waals surface area contributed by atoms with E-state index in [2.05, 4.69) is 22.0 Å². The summed E-state index contributed by atoms with van der Waals surface area (Å²) in [7, 11) is 1.63. The van der Waals surface area contributed by atoms with Gasteiger partial charge >= 0.3 is 0 Å². The maximum atomic E-state index is 5.86. The largest absolute Gasteiger partial charge is 0.493 e. The Morgan fingerprint density at radius 2 is 2.27 bits per heavy atom. The normalized spacial score (nSPS) is 16.6. The van der Waals surface area contributed by atoms with E-state index in [0.717, 1.165) is 36.3 Å². The molecule has 2 heterocycles. The van der Waals surface area contributed by atoms with E-state index in [1.165, 1.54) is 0 Å². The Morgan fingerprint density at radius 1 is 1.38 bits per heavy atom. The van der Waals surface area contributed by atoms with E-state index in [1.807, 2.05) is 25.1 Å². The van der Waals surface area contributed by atoms with Gasteiger partial charge in [-0.3, -0.25) is 0 Å². The third-order valence-electron chi connectivity index (χ3n) is 4.03. The molecule has 0 aliphatic carbocycles. The van der Waals surface area contributed by atoms with Crippen LogP contribution in [0.1, 0.15) is 43.1 Å². The minimum Gasteiger partial charge on any atom is -0.493 e. The van der Waals surface area contributed by atoms with Gasteiger partial charge in [-0.25, -0.2) is 0 Å². The molecule has 7 nitrogen and oxygen atoms in total. The van der Waals surface area contributed by atoms with Crippen LogP contribution >= 0.6 is 0 Å². The standard InChI is InChI=1S/C19H25N3O4/c1-13(2)12-25-18-14(6-4-7-15(18)23-3)10-20-11-17-21-19(26-22-17)16-8-5-9-24-16/h4,6-7,16,20H,1,5,8-12H2,2-3H3/t16-/m1/s1. The van der Waals surface area contributed by atoms with Gasteiger partial charge in [-0.15, -0.1) is 0 Å². The van der Waals surface area contributed by atoms with E-state index in [4.69, 9.17) is 18.7 Å². The maximum Gasteiger partial charge on any atom is 0.255 e. The minimum absolute atomic E-state index is 0.0585. The van der Waals surface area contributed by atoms with Crippen LogP contribution in [0.5, 0.6) is 11.5 Å². The van der Waals surface area contributed by atoms with Gasteiger partial charge < -0.3 is 24.1 Å². The van der Waals surface area contributed by atoms with Gasteiger partial charge in [0.15, 0.2) is 17.3 Å². The van der Waals surface area contributed by atoms with Crippen LogP contribution in [-0.2, 0) is 17.8 Å². The number of ether oxygens (including phenoxy) is 3. The number of para-hydroxylation sites is 1. The summed E-state index contributed by atoms with van der Waals surface area (Å²) in [4.78, 5) is 4.41. The first-order chi connectivity index (χ1) is 12.7. The van der Waals surface area contributed by atoms with Crippen molar-refractivity contribution in [2.24, 2.45) is 0 Å². The molecule has 0 amide bonds. The van der Waals surface area contributed by atoms with Crippen LogP contribution in [0.3, 0.4) is 0 Å². The highest BCUT2D eigenvalue weighted by Gasteiger charge is 2.23. The second-order valence-electron chi connectivity index (χ2n) is 6.35. The first-order valence-electron chi connectivity index (χ1n) is 8.75. The van der Waals surface area contributed by atoms with Crippen molar-refractivity contribution in [3.8, 4) is 11.5 Å². The zero-order valence-corrected chi connectivity index (χ0v) is 15.3. The quantitative estimate of drug-likeness (QED) is 0.689. The highest BCUT2D eigenvalue weighted by Crippen LogP contribution is 2.31. The summed E-state index contributed by atoms with van der Waals surface area (Å²) in [5, 5.41) is 7.33. The highest BCUT2D eigenvalue weighted by atomic mass is 16.5. The summed E-state index contributed by atoms with van der Waals surface area (Å²) in [6.07, 6.45) is 1.91. The number of methoxy groups -OCH3 is 1. The number of nitrogens with one attached hydrogen (secondary N) is 1. The zero-order valence-electron chi connectivity index (χ0n) is 15.3. The van der Waals surface area contributed by atoms with Crippen LogP contribution in [0.25, 0.3) is 0 Å². The number of hydrogen-bond donors (Lipinski definition) is 1. The van der Waals surface area contributed by atoms with Gasteiger partial charge in [0, 0.05) is 18.7 Å². The zero-order chi connectivity index (χ0) is 18.4. The van der Waals surface area contributed by atoms with E-state index in [1.54, 1.807) is 7.11 Å². The molecule has 1 aromatic carbocycles. The van der Waals surface area contributed by atoms with Crippen LogP contribution in [0.2, 0.25) is 0 Å². The Bertz CT molecular complexity index is 738. The molecule has 1 aromatic heterocycles. The summed E-state index contributed by atoms with van der Waals surface area (Å²) in [5.41, 5.74) is 1.94. The molecule has 0 saturated carbocycles. The molecule has 0 bridgehead atoms. The van der Waals surface area contributed by atoms with E-state index in [0.29, 0.717) is 37.2 Å². The lowest BCUT2D eigenvalue weighted by atomic mass is 10.2. The Morgan fingerprint density at radius 3 is 3.00 bits per heavy atom. The highest BCUT2D eigenvalue weighted by molar-refractivity contribution is 5.46. The fourth-order valence-corrected chi connectivity index (χ4v) is 2.77. The lowest BCUT2D eigenvalue weighted by Gasteiger charge is -2.15. The van der Waals surface area contributed by atoms with Gasteiger partial charge in [0.25, 0.3) is 5.89 Å². The molecule has 2 aromatic rings. The molecule has 3 rings (SSSR count). The van der Waals surface area contributed by atoms with Crippen molar-refractivity contribution in [2.75, 3.05) is 20.3 Å². The Hall–Kier alpha value is -2.38. The second-order valence-corrected chi connectivity index (χ2v) is 6.35. The van der Waals surface area contributed by atoms with Crippen molar-refractivity contribution >= 4 is 0 Å². The third-order valence-corrected chi connectivity index (χ3v) is 4.03. The van der Waals surface area contributed by atoms with E-state index in [9.17, 15) is 0 Å². The SMILES string of the molecule is C=C(C)COc1c(CNCc2noc([C@H]3CCCO3)n2)cccc1OC. The molecule has 0 spiro atoms. The van der Waals surface area contributed by atoms with Crippen molar-refractivity contribution in [3.63, 3.8) is 0 Å². The first-order valence-corrected chi connectivity index (χ1v) is 8.75. The number of nitrogens with zero attached hydrogens (tertiary/aromatic N) is 2. The summed E-state index contributed by atoms with van der Waals surface area (Å²) in [6, 6.07) is 5.81. The van der Waals surface area contributed by atoms with Crippen LogP contribution < -0.4 is 14.8 Å². The van der Waals surface area contributed by atoms with Gasteiger partial charge in [-0.1, -0.05) is 23.9 Å². The van der Waals surface area contributed by atoms with Gasteiger partial charge in [0.1, 0.15) is 12.7 Å². The average molecular weight is 359 g/mol. The fourth-order valence-electron chi connectivity index (χ4n) is 2.77. The number of hydrogen-bond acceptors (Lipinski definition) is 7. The molecule has 1 aliphatic rings. The van der Waals surface area contributed by atoms with E-state index in [-0.39, 0.29) is 6.10 Å². The molecule has 0 unspecified atom stereocenters. The number of rotatable bonds is 9. The topological polar surface area (TPSA) is 78.6 Å². The molecule has 7 heteroatoms. The molecule has 1 atom stereocenters. The molecule has 140 valence electrons. The Labute approximate surface area is 153 Å². The van der Waals surface area contributed by atoms with Crippen LogP contribution in [-0.4, -0.2) is 30.5 Å². The van der Waals surface area contributed by atoms with Gasteiger partial charge in [-0.05, 0) is 31.4 Å². The van der Waals surface area contributed by atoms with Crippen molar-refractivity contribution < 1.29 is 18.7 Å². The summed E-state index contributed by atoms with van der Waals surface area (Å²) >= 11 is 0. The molecule has 0 radical (unpaired) electrons. The maximum absolute atomic E-state index is 5.86. The summed E-state index contributed by atoms with van der Waals surface area (Å²) < 4.78 is 22.1. The lowest BCUT2D eigenvalue weighted by molar-refractivity contribution is 0.0835. The smallest absolute Gasteiger partial charge is 0.255 e. The van der Waals surface area contributed by atoms with Crippen LogP contribution in [0.15, 0.2) is 34.9 Å². The number of aromatic nitrogens is 2. The van der Waals surface area contributed by atoms with Crippen molar-refractivity contribution in [2.45, 2.75) is 39.0 Å². The van der Waals surface area contributed by atoms with Crippen molar-refractivity contribution in [1.29, 1.82) is 0 Å². The number of benzene rings is 1. The first kappa shape index (κ1) is 18.4. The predicted molar refractivity (Wildman–Crippen MR) is 96.1 cm³/mol. The molecule has 26 heavy (non-hydrogen) atoms. The van der Waals surface area contributed by atoms with Crippen molar-refractivity contribution in [1.82, 2.24) is 15.5 Å². The second kappa shape index (κ2) is 8.82. The van der Waals surface area contributed by atoms with Crippen molar-refractivity contribution in [3.05, 3.63) is 47.6 Å². The van der Waals surface area contributed by atoms with E-state index < -0.39 is 0 Å². The average Bonchev–Trinajstić information content (AvgIpc) is 3.31. The predicted octanol–water partition coefficient (Wildman–Crippen LogP) is 3.17. The summed E-state index contributed by atoms with van der Waals surface area (Å²) in [5.74, 6) is 2.60. The van der Waals surface area contributed by atoms with Gasteiger partial charge in [-0.2, -0.15) is 4.98 Å². The van der Waals surface area contributed by atoms with Crippen LogP contribution in [0, 0.1) is 0 Å². The van der Waals surface area contributed by atoms with Crippen LogP contribution in [0.4, 0.5) is 0 Å². The Kier molecular flexibility index (Phi) is 6.25. The Balaban J connectivity index is 1.59. The van der Waals surface area contributed by atoms with Gasteiger partial charge in [0.05, 0.1) is 13.7 Å². The lowest BCUT2D eigenvalue weighted by Crippen LogP contribution is -2.15. The molecular formula is C19H25N3O4. The minimum atomic E-state index is -0.0585. The molecule has 1 saturated heterocycles. The molecule has 1 fully saturated rings. The molecular weight excluding hydrogens is 334 g/mol. The molecule has 1 N–H and O–H groups in total. The fraction of sp³-hybridized carbons (Fsp3) is 0.474. The third kappa shape index (κ3) is 4.62. The monoisotopic (exact) mass is 359 g/mol.